The van der Waals surface area contributed by atoms with Gasteiger partial charge in [-0.05, 0) is 59.7 Å². The number of fused-ring (bicyclic) bond motifs is 2. The molecule has 6 aromatic carbocycles. The van der Waals surface area contributed by atoms with Gasteiger partial charge in [-0.1, -0.05) is 36.4 Å². The van der Waals surface area contributed by atoms with E-state index in [-0.39, 0.29) is 152 Å². The number of phenols is 2. The molecule has 0 aliphatic rings. The Labute approximate surface area is 429 Å². The van der Waals surface area contributed by atoms with Gasteiger partial charge in [0, 0.05) is 129 Å². The summed E-state index contributed by atoms with van der Waals surface area (Å²) < 4.78 is 134. The van der Waals surface area contributed by atoms with Crippen LogP contribution in [0.1, 0.15) is 0 Å². The number of azo groups is 2. The Balaban J connectivity index is 0.00000310. The Morgan fingerprint density at radius 1 is 0.400 bits per heavy atom. The van der Waals surface area contributed by atoms with Crippen LogP contribution in [0.25, 0.3) is 32.7 Å². The molecule has 0 amide bonds. The molecule has 20 nitrogen and oxygen atoms in total. The van der Waals surface area contributed by atoms with E-state index < -0.39 is 93.7 Å². The van der Waals surface area contributed by atoms with E-state index in [1.54, 1.807) is 48.5 Å². The molecule has 4 radical (unpaired) electrons. The van der Waals surface area contributed by atoms with Gasteiger partial charge in [0.15, 0.2) is 11.5 Å². The van der Waals surface area contributed by atoms with Crippen molar-refractivity contribution in [2.75, 3.05) is 11.5 Å². The Bertz CT molecular complexity index is 2960. The Morgan fingerprint density at radius 2 is 0.683 bits per heavy atom. The van der Waals surface area contributed by atoms with E-state index in [9.17, 15) is 62.1 Å². The first kappa shape index (κ1) is 54.0. The summed E-state index contributed by atoms with van der Waals surface area (Å²) in [6.07, 6.45) is 0. The molecule has 0 bridgehead atoms. The summed E-state index contributed by atoms with van der Waals surface area (Å²) in [7, 11) is -20.3. The third-order valence-corrected chi connectivity index (χ3v) is 11.7. The van der Waals surface area contributed by atoms with Crippen LogP contribution in [0.4, 0.5) is 34.1 Å². The van der Waals surface area contributed by atoms with Gasteiger partial charge in [0.25, 0.3) is 40.5 Å². The molecule has 60 heavy (non-hydrogen) atoms. The molecule has 6 aromatic rings. The first-order valence-electron chi connectivity index (χ1n) is 15.1. The first-order valence-corrected chi connectivity index (χ1v) is 20.8. The summed E-state index contributed by atoms with van der Waals surface area (Å²) in [6, 6.07) is 18.3. The number of nitrogen functional groups attached to an aromatic ring is 2. The molecule has 28 heteroatoms. The van der Waals surface area contributed by atoms with Crippen molar-refractivity contribution < 1.29 is 62.1 Å². The number of aromatic hydroxyl groups is 2. The number of nitrogens with zero attached hydrogens (tertiary/aromatic N) is 4. The number of hydrogen-bond donors (Lipinski definition) is 8. The molecule has 6 rings (SSSR count). The van der Waals surface area contributed by atoms with Gasteiger partial charge < -0.3 is 21.7 Å². The van der Waals surface area contributed by atoms with E-state index in [2.05, 4.69) is 20.5 Å². The van der Waals surface area contributed by atoms with Crippen LogP contribution in [0, 0.1) is 0 Å². The van der Waals surface area contributed by atoms with E-state index in [4.69, 9.17) is 11.5 Å². The van der Waals surface area contributed by atoms with Crippen LogP contribution in [0.3, 0.4) is 0 Å². The van der Waals surface area contributed by atoms with Crippen LogP contribution in [-0.2, 0) is 40.5 Å². The predicted molar refractivity (Wildman–Crippen MR) is 223 cm³/mol. The average molecular weight is 937 g/mol. The van der Waals surface area contributed by atoms with E-state index in [0.29, 0.717) is 23.3 Å². The second-order valence-electron chi connectivity index (χ2n) is 11.7. The molecule has 0 heterocycles. The Hall–Kier alpha value is -2.12. The molecule has 294 valence electrons. The predicted octanol–water partition coefficient (Wildman–Crippen LogP) is 4.53. The minimum absolute atomic E-state index is 0. The largest absolute Gasteiger partial charge is 0.505 e. The van der Waals surface area contributed by atoms with E-state index in [0.717, 1.165) is 24.3 Å². The molecule has 0 atom stereocenters. The molecule has 0 spiro atoms. The fourth-order valence-electron chi connectivity index (χ4n) is 5.59. The molecule has 0 aliphatic heterocycles. The van der Waals surface area contributed by atoms with Crippen molar-refractivity contribution in [3.05, 3.63) is 84.9 Å². The summed E-state index contributed by atoms with van der Waals surface area (Å²) in [5.74, 6) is -1.57. The molecular weight excluding hydrogens is 913 g/mol. The molecule has 0 fully saturated rings. The number of phenolic OH excluding ortho intramolecular Hbond substituents is 2. The maximum atomic E-state index is 11.9. The smallest absolute Gasteiger partial charge is 0.296 e. The second kappa shape index (κ2) is 20.2. The molecule has 0 aromatic heterocycles. The molecule has 0 unspecified atom stereocenters. The summed E-state index contributed by atoms with van der Waals surface area (Å²) in [5.41, 5.74) is 11.7. The van der Waals surface area contributed by atoms with Crippen molar-refractivity contribution in [3.8, 4) is 22.6 Å². The average Bonchev–Trinajstić information content (AvgIpc) is 3.09. The molecule has 10 N–H and O–H groups in total. The Morgan fingerprint density at radius 3 is 0.950 bits per heavy atom. The van der Waals surface area contributed by atoms with Crippen molar-refractivity contribution in [2.45, 2.75) is 19.6 Å². The molecule has 0 aliphatic carbocycles. The van der Waals surface area contributed by atoms with Crippen molar-refractivity contribution in [3.63, 3.8) is 0 Å². The van der Waals surface area contributed by atoms with Gasteiger partial charge in [-0.15, -0.1) is 10.2 Å². The number of hydrogen-bond acceptors (Lipinski definition) is 16. The normalized spacial score (nSPS) is 12.1. The topological polar surface area (TPSA) is 359 Å². The summed E-state index contributed by atoms with van der Waals surface area (Å²) >= 11 is 0. The van der Waals surface area contributed by atoms with Crippen LogP contribution < -0.4 is 11.5 Å². The van der Waals surface area contributed by atoms with E-state index in [1.807, 2.05) is 0 Å². The zero-order valence-corrected chi connectivity index (χ0v) is 42.9. The zero-order valence-electron chi connectivity index (χ0n) is 31.6. The SMILES string of the molecule is Nc1c(S(=O)(=O)O)cc(S(=O)(=O)O)c2ccc(N=Nc3ccc(-c4ccc(N=Nc5ccc6c(S(=O)(=O)O)cc(S(=O)(=O)O)c(N)c6c5O)cc4)cc3)c(O)c12.[Na].[Na].[Na].[Na]. The van der Waals surface area contributed by atoms with Crippen LogP contribution in [-0.4, -0.2) is 180 Å². The fourth-order valence-corrected chi connectivity index (χ4v) is 8.46. The van der Waals surface area contributed by atoms with Gasteiger partial charge in [0.05, 0.1) is 33.5 Å². The standard InChI is InChI=1S/C32H24N6O14S4.4Na/c33-29-25(55(47,48)49)13-23(53(41,42)43)19-9-11-21(31(39)27(19)29)37-35-17-5-1-15(2-6-17)16-3-7-18(8-4-16)36-38-22-12-10-20-24(54(44,45)46)14-26(56(50,51)52)30(34)28(20)32(22)40;;;;/h1-14,39-40H,33-34H2,(H,41,42,43)(H,44,45,46)(H,47,48,49)(H,50,51,52);;;;. The minimum Gasteiger partial charge on any atom is -0.505 e. The quantitative estimate of drug-likeness (QED) is 0.0427. The molecular formula is C32H24N6Na4O14S4. The van der Waals surface area contributed by atoms with Crippen molar-refractivity contribution in [1.29, 1.82) is 0 Å². The monoisotopic (exact) mass is 936 g/mol. The first-order chi connectivity index (χ1) is 26.0. The van der Waals surface area contributed by atoms with E-state index >= 15 is 0 Å². The molecule has 0 saturated heterocycles. The summed E-state index contributed by atoms with van der Waals surface area (Å²) in [5, 5.41) is 35.9. The molecule has 0 saturated carbocycles. The van der Waals surface area contributed by atoms with Crippen LogP contribution >= 0.6 is 0 Å². The van der Waals surface area contributed by atoms with Crippen molar-refractivity contribution in [2.24, 2.45) is 20.5 Å². The third-order valence-electron chi connectivity index (χ3n) is 8.16. The number of nitrogens with two attached hydrogens (primary N) is 2. The van der Waals surface area contributed by atoms with Gasteiger partial charge in [0.1, 0.15) is 31.0 Å². The maximum Gasteiger partial charge on any atom is 0.296 e. The van der Waals surface area contributed by atoms with Crippen LogP contribution in [0.2, 0.25) is 0 Å². The maximum absolute atomic E-state index is 11.9. The van der Waals surface area contributed by atoms with Crippen molar-refractivity contribution in [1.82, 2.24) is 0 Å². The number of anilines is 2. The van der Waals surface area contributed by atoms with E-state index in [1.165, 1.54) is 0 Å². The zero-order chi connectivity index (χ0) is 41.1. The van der Waals surface area contributed by atoms with Crippen LogP contribution in [0.5, 0.6) is 11.5 Å². The Kier molecular flexibility index (Phi) is 18.1. The summed E-state index contributed by atoms with van der Waals surface area (Å²) in [6.45, 7) is 0. The minimum atomic E-state index is -5.09. The number of benzene rings is 6. The second-order valence-corrected chi connectivity index (χ2v) is 17.2. The van der Waals surface area contributed by atoms with Crippen molar-refractivity contribution >= 4 is 214 Å². The number of rotatable bonds is 9. The van der Waals surface area contributed by atoms with Gasteiger partial charge in [-0.3, -0.25) is 18.2 Å². The van der Waals surface area contributed by atoms with Gasteiger partial charge >= 0.3 is 0 Å². The van der Waals surface area contributed by atoms with Gasteiger partial charge in [-0.25, -0.2) is 0 Å². The fraction of sp³-hybridized carbons (Fsp3) is 0. The summed E-state index contributed by atoms with van der Waals surface area (Å²) in [4.78, 5) is -4.01. The third kappa shape index (κ3) is 11.3. The van der Waals surface area contributed by atoms with Crippen LogP contribution in [0.15, 0.2) is 125 Å². The van der Waals surface area contributed by atoms with Gasteiger partial charge in [0.2, 0.25) is 0 Å². The van der Waals surface area contributed by atoms with Gasteiger partial charge in [-0.2, -0.15) is 43.9 Å².